The van der Waals surface area contributed by atoms with Crippen molar-refractivity contribution in [2.24, 2.45) is 0 Å². The van der Waals surface area contributed by atoms with Gasteiger partial charge < -0.3 is 0 Å². The molecule has 1 amide bonds. The third kappa shape index (κ3) is 4.40. The number of carbonyl (C=O) groups excluding carboxylic acids is 1. The van der Waals surface area contributed by atoms with Gasteiger partial charge in [-0.3, -0.25) is 0 Å². The third-order valence-corrected chi connectivity index (χ3v) is 5.80. The summed E-state index contributed by atoms with van der Waals surface area (Å²) < 4.78 is 6.63. The Morgan fingerprint density at radius 2 is 2.25 bits per heavy atom. The van der Waals surface area contributed by atoms with E-state index in [1.54, 1.807) is 6.20 Å². The van der Waals surface area contributed by atoms with E-state index >= 15 is 0 Å². The number of hydrogen-bond acceptors (Lipinski definition) is 3. The van der Waals surface area contributed by atoms with Crippen molar-refractivity contribution in [1.82, 2.24) is 15.3 Å². The zero-order valence-electron chi connectivity index (χ0n) is 12.2. The van der Waals surface area contributed by atoms with Crippen molar-refractivity contribution in [3.05, 3.63) is 24.4 Å². The van der Waals surface area contributed by atoms with E-state index in [1.807, 2.05) is 39.8 Å². The second kappa shape index (κ2) is 6.03. The molecule has 106 valence electrons. The van der Waals surface area contributed by atoms with Crippen LogP contribution in [0.1, 0.15) is 27.7 Å². The maximum atomic E-state index is 11.7. The molecule has 0 fully saturated rings. The number of hydrogen-bond donors (Lipinski definition) is 2. The van der Waals surface area contributed by atoms with E-state index < -0.39 is 26.7 Å². The standard InChI is InChI=1S/C7H5N2.C7H14NO2.Sn/c1-2-6-3-5-9-7(6)8-4-1;1-5-8-6(9)10-7(2,3)4;/h1-4H,(H,8,9);5H,1-4H3,(H,8,9);. The van der Waals surface area contributed by atoms with Gasteiger partial charge in [-0.15, -0.1) is 0 Å². The van der Waals surface area contributed by atoms with Gasteiger partial charge >= 0.3 is 129 Å². The van der Waals surface area contributed by atoms with Gasteiger partial charge in [-0.1, -0.05) is 0 Å². The summed E-state index contributed by atoms with van der Waals surface area (Å²) in [5.74, 6) is 0. The zero-order chi connectivity index (χ0) is 14.8. The summed E-state index contributed by atoms with van der Waals surface area (Å²) in [5.41, 5.74) is 0.452. The summed E-state index contributed by atoms with van der Waals surface area (Å²) in [4.78, 5) is 19.3. The fraction of sp³-hybridized carbons (Fsp3) is 0.429. The number of pyridine rings is 1. The van der Waals surface area contributed by atoms with Crippen LogP contribution in [-0.4, -0.2) is 46.9 Å². The molecule has 20 heavy (non-hydrogen) atoms. The molecule has 6 heteroatoms. The van der Waals surface area contributed by atoms with Crippen LogP contribution in [0.4, 0.5) is 4.79 Å². The van der Waals surface area contributed by atoms with E-state index in [1.165, 1.54) is 3.71 Å². The molecule has 5 nitrogen and oxygen atoms in total. The molecule has 0 aliphatic rings. The van der Waals surface area contributed by atoms with Crippen molar-refractivity contribution < 1.29 is 9.53 Å². The minimum absolute atomic E-state index is 0.154. The van der Waals surface area contributed by atoms with Crippen molar-refractivity contribution in [3.63, 3.8) is 0 Å². The van der Waals surface area contributed by atoms with Gasteiger partial charge in [0, 0.05) is 0 Å². The summed E-state index contributed by atoms with van der Waals surface area (Å²) in [6.45, 7) is 7.61. The molecule has 2 radical (unpaired) electrons. The average molecular weight is 380 g/mol. The number of H-pyrrole nitrogens is 1. The van der Waals surface area contributed by atoms with Gasteiger partial charge in [0.15, 0.2) is 0 Å². The van der Waals surface area contributed by atoms with Crippen LogP contribution in [0, 0.1) is 0 Å². The molecule has 0 saturated carbocycles. The number of alkyl carbamates (subject to hydrolysis) is 1. The van der Waals surface area contributed by atoms with Gasteiger partial charge in [-0.25, -0.2) is 0 Å². The van der Waals surface area contributed by atoms with Crippen LogP contribution in [0.25, 0.3) is 11.0 Å². The Bertz CT molecular complexity index is 571. The summed E-state index contributed by atoms with van der Waals surface area (Å²) in [7, 11) is 0. The Kier molecular flexibility index (Phi) is 4.57. The Hall–Kier alpha value is -1.24. The van der Waals surface area contributed by atoms with E-state index in [9.17, 15) is 4.79 Å². The Balaban J connectivity index is 1.94. The molecule has 0 aromatic carbocycles. The predicted octanol–water partition coefficient (Wildman–Crippen LogP) is 1.76. The average Bonchev–Trinajstić information content (AvgIpc) is 2.67. The third-order valence-electron chi connectivity index (χ3n) is 2.50. The van der Waals surface area contributed by atoms with Gasteiger partial charge in [0.25, 0.3) is 0 Å². The summed E-state index contributed by atoms with van der Waals surface area (Å²) >= 11 is -0.953. The minimum atomic E-state index is -0.953. The van der Waals surface area contributed by atoms with Gasteiger partial charge in [-0.05, 0) is 0 Å². The van der Waals surface area contributed by atoms with Crippen LogP contribution in [0.2, 0.25) is 0 Å². The first-order valence-corrected chi connectivity index (χ1v) is 9.61. The van der Waals surface area contributed by atoms with Crippen LogP contribution >= 0.6 is 0 Å². The van der Waals surface area contributed by atoms with Crippen molar-refractivity contribution >= 4 is 42.0 Å². The number of nitrogens with one attached hydrogen (secondary N) is 2. The Morgan fingerprint density at radius 1 is 1.50 bits per heavy atom. The molecule has 0 unspecified atom stereocenters. The molecule has 2 aromatic rings. The van der Waals surface area contributed by atoms with Gasteiger partial charge in [-0.2, -0.15) is 0 Å². The van der Waals surface area contributed by atoms with Crippen molar-refractivity contribution in [2.45, 2.75) is 37.4 Å². The maximum absolute atomic E-state index is 11.7. The summed E-state index contributed by atoms with van der Waals surface area (Å²) in [6.07, 6.45) is 1.43. The predicted molar refractivity (Wildman–Crippen MR) is 80.3 cm³/mol. The van der Waals surface area contributed by atoms with E-state index in [0.717, 1.165) is 11.0 Å². The first-order valence-electron chi connectivity index (χ1n) is 6.53. The van der Waals surface area contributed by atoms with E-state index in [4.69, 9.17) is 4.74 Å². The number of amides is 1. The normalized spacial score (nSPS) is 13.2. The second-order valence-corrected chi connectivity index (χ2v) is 10.5. The summed E-state index contributed by atoms with van der Waals surface area (Å²) in [6, 6.07) is 6.09. The molecule has 0 aliphatic heterocycles. The quantitative estimate of drug-likeness (QED) is 0.798. The zero-order valence-corrected chi connectivity index (χ0v) is 15.0. The fourth-order valence-electron chi connectivity index (χ4n) is 1.79. The topological polar surface area (TPSA) is 67.0 Å². The number of fused-ring (bicyclic) bond motifs is 1. The Labute approximate surface area is 128 Å². The van der Waals surface area contributed by atoms with Crippen LogP contribution in [0.3, 0.4) is 0 Å². The molecular formula is C14H19N3O2Sn. The first-order chi connectivity index (χ1) is 9.33. The van der Waals surface area contributed by atoms with Crippen molar-refractivity contribution in [3.8, 4) is 0 Å². The van der Waals surface area contributed by atoms with Crippen LogP contribution < -0.4 is 9.03 Å². The first kappa shape index (κ1) is 15.2. The number of carbonyl (C=O) groups is 1. The Morgan fingerprint density at radius 3 is 2.90 bits per heavy atom. The molecule has 2 N–H and O–H groups in total. The molecule has 0 spiro atoms. The van der Waals surface area contributed by atoms with Crippen LogP contribution in [0.15, 0.2) is 24.4 Å². The molecule has 2 aromatic heterocycles. The molecule has 0 aliphatic carbocycles. The van der Waals surface area contributed by atoms with Crippen molar-refractivity contribution in [1.29, 1.82) is 0 Å². The molecule has 0 bridgehead atoms. The fourth-order valence-corrected chi connectivity index (χ4v) is 4.89. The molecule has 2 heterocycles. The SMILES string of the molecule is C[C@H](NC(=O)OC(C)(C)C)[Sn][c]1cc2cccnc2[nH]1. The monoisotopic (exact) mass is 381 g/mol. The number of rotatable bonds is 3. The van der Waals surface area contributed by atoms with E-state index in [2.05, 4.69) is 21.4 Å². The number of nitrogens with zero attached hydrogens (tertiary/aromatic N) is 1. The number of ether oxygens (including phenoxy) is 1. The van der Waals surface area contributed by atoms with Crippen LogP contribution in [0.5, 0.6) is 0 Å². The molecule has 2 rings (SSSR count). The number of aromatic nitrogens is 2. The van der Waals surface area contributed by atoms with E-state index in [0.29, 0.717) is 0 Å². The van der Waals surface area contributed by atoms with Gasteiger partial charge in [0.1, 0.15) is 0 Å². The molecule has 1 atom stereocenters. The van der Waals surface area contributed by atoms with E-state index in [-0.39, 0.29) is 10.2 Å². The summed E-state index contributed by atoms with van der Waals surface area (Å²) in [5, 5.41) is 4.02. The molecule has 0 saturated heterocycles. The second-order valence-electron chi connectivity index (χ2n) is 5.64. The van der Waals surface area contributed by atoms with Crippen LogP contribution in [-0.2, 0) is 4.74 Å². The molecular weight excluding hydrogens is 361 g/mol. The number of aromatic amines is 1. The van der Waals surface area contributed by atoms with Gasteiger partial charge in [0.05, 0.1) is 0 Å². The van der Waals surface area contributed by atoms with Gasteiger partial charge in [0.2, 0.25) is 0 Å². The van der Waals surface area contributed by atoms with Crippen molar-refractivity contribution in [2.75, 3.05) is 0 Å².